The Balaban J connectivity index is 1.45. The minimum atomic E-state index is -3.33. The number of carbonyl (C=O) groups is 1. The first-order valence-corrected chi connectivity index (χ1v) is 12.5. The highest BCUT2D eigenvalue weighted by molar-refractivity contribution is 7.88. The smallest absolute Gasteiger partial charge is 0.225 e. The van der Waals surface area contributed by atoms with E-state index in [9.17, 15) is 13.2 Å². The lowest BCUT2D eigenvalue weighted by atomic mass is 9.96. The Hall–Kier alpha value is -1.44. The number of hydrogen-bond acceptors (Lipinski definition) is 4. The molecule has 0 saturated carbocycles. The zero-order chi connectivity index (χ0) is 20.9. The molecule has 7 heteroatoms. The number of hydrogen-bond donors (Lipinski definition) is 0. The van der Waals surface area contributed by atoms with E-state index < -0.39 is 10.0 Å². The van der Waals surface area contributed by atoms with Crippen LogP contribution in [0.3, 0.4) is 0 Å². The number of piperidine rings is 1. The minimum Gasteiger partial charge on any atom is -0.340 e. The summed E-state index contributed by atoms with van der Waals surface area (Å²) in [4.78, 5) is 17.4. The molecule has 0 N–H and O–H groups in total. The molecule has 0 aromatic heterocycles. The van der Waals surface area contributed by atoms with Crippen LogP contribution in [0.4, 0.5) is 0 Å². The molecule has 1 aromatic carbocycles. The summed E-state index contributed by atoms with van der Waals surface area (Å²) in [6.07, 6.45) is 2.45. The van der Waals surface area contributed by atoms with Crippen LogP contribution >= 0.6 is 0 Å². The lowest BCUT2D eigenvalue weighted by Crippen LogP contribution is -2.52. The first-order valence-electron chi connectivity index (χ1n) is 10.9. The third kappa shape index (κ3) is 6.27. The lowest BCUT2D eigenvalue weighted by Gasteiger charge is -2.38. The maximum atomic E-state index is 12.9. The first-order chi connectivity index (χ1) is 13.8. The minimum absolute atomic E-state index is 0.0325. The molecule has 0 atom stereocenters. The average molecular weight is 422 g/mol. The van der Waals surface area contributed by atoms with Crippen molar-refractivity contribution in [3.8, 4) is 0 Å². The predicted molar refractivity (Wildman–Crippen MR) is 116 cm³/mol. The molecule has 2 aliphatic rings. The van der Waals surface area contributed by atoms with Gasteiger partial charge >= 0.3 is 0 Å². The molecule has 2 heterocycles. The van der Waals surface area contributed by atoms with Crippen LogP contribution in [-0.4, -0.2) is 74.2 Å². The molecule has 162 valence electrons. The van der Waals surface area contributed by atoms with E-state index in [0.29, 0.717) is 31.8 Å². The number of benzene rings is 1. The van der Waals surface area contributed by atoms with Gasteiger partial charge in [0, 0.05) is 45.2 Å². The van der Waals surface area contributed by atoms with Crippen LogP contribution in [0.25, 0.3) is 0 Å². The largest absolute Gasteiger partial charge is 0.340 e. The Morgan fingerprint density at radius 3 is 2.21 bits per heavy atom. The van der Waals surface area contributed by atoms with Crippen LogP contribution in [0.2, 0.25) is 0 Å². The van der Waals surface area contributed by atoms with Gasteiger partial charge in [-0.3, -0.25) is 9.69 Å². The third-order valence-electron chi connectivity index (χ3n) is 6.10. The van der Waals surface area contributed by atoms with Gasteiger partial charge in [0.15, 0.2) is 0 Å². The highest BCUT2D eigenvalue weighted by Crippen LogP contribution is 2.24. The maximum Gasteiger partial charge on any atom is 0.225 e. The fourth-order valence-corrected chi connectivity index (χ4v) is 5.71. The first kappa shape index (κ1) is 22.2. The summed E-state index contributed by atoms with van der Waals surface area (Å²) < 4.78 is 27.0. The second-order valence-electron chi connectivity index (χ2n) is 8.76. The van der Waals surface area contributed by atoms with E-state index >= 15 is 0 Å². The highest BCUT2D eigenvalue weighted by atomic mass is 32.2. The third-order valence-corrected chi connectivity index (χ3v) is 7.95. The molecular formula is C22H35N3O3S. The van der Waals surface area contributed by atoms with Crippen molar-refractivity contribution in [3.05, 3.63) is 35.9 Å². The van der Waals surface area contributed by atoms with Gasteiger partial charge < -0.3 is 4.90 Å². The van der Waals surface area contributed by atoms with Gasteiger partial charge in [-0.25, -0.2) is 12.7 Å². The Labute approximate surface area is 175 Å². The highest BCUT2D eigenvalue weighted by Gasteiger charge is 2.34. The summed E-state index contributed by atoms with van der Waals surface area (Å²) in [6, 6.07) is 9.29. The Bertz CT molecular complexity index is 751. The van der Waals surface area contributed by atoms with Gasteiger partial charge in [-0.05, 0) is 37.3 Å². The van der Waals surface area contributed by atoms with Gasteiger partial charge in [0.05, 0.1) is 5.75 Å². The summed E-state index contributed by atoms with van der Waals surface area (Å²) in [5.74, 6) is 0.914. The number of amides is 1. The van der Waals surface area contributed by atoms with Gasteiger partial charge in [-0.15, -0.1) is 0 Å². The Morgan fingerprint density at radius 1 is 1.00 bits per heavy atom. The number of carbonyl (C=O) groups excluding carboxylic acids is 1. The standard InChI is InChI=1S/C22H35N3O3S/c1-19(2)8-11-23-14-16-24(17-15-23)22(26)21-9-12-25(13-10-21)29(27,28)18-20-6-4-3-5-7-20/h3-7,19,21H,8-18H2,1-2H3. The summed E-state index contributed by atoms with van der Waals surface area (Å²) in [6.45, 7) is 9.97. The van der Waals surface area contributed by atoms with E-state index in [-0.39, 0.29) is 17.6 Å². The molecular weight excluding hydrogens is 386 g/mol. The topological polar surface area (TPSA) is 60.9 Å². The monoisotopic (exact) mass is 421 g/mol. The summed E-state index contributed by atoms with van der Waals surface area (Å²) in [7, 11) is -3.33. The van der Waals surface area contributed by atoms with Crippen LogP contribution in [0, 0.1) is 11.8 Å². The molecule has 6 nitrogen and oxygen atoms in total. The number of sulfonamides is 1. The zero-order valence-electron chi connectivity index (χ0n) is 17.8. The fourth-order valence-electron chi connectivity index (χ4n) is 4.15. The van der Waals surface area contributed by atoms with Crippen molar-refractivity contribution in [1.82, 2.24) is 14.1 Å². The molecule has 0 spiro atoms. The van der Waals surface area contributed by atoms with Gasteiger partial charge in [0.1, 0.15) is 0 Å². The second-order valence-corrected chi connectivity index (χ2v) is 10.7. The van der Waals surface area contributed by atoms with E-state index in [1.54, 1.807) is 4.31 Å². The molecule has 29 heavy (non-hydrogen) atoms. The Kier molecular flexibility index (Phi) is 7.71. The van der Waals surface area contributed by atoms with Crippen molar-refractivity contribution in [3.63, 3.8) is 0 Å². The van der Waals surface area contributed by atoms with E-state index in [0.717, 1.165) is 38.3 Å². The maximum absolute atomic E-state index is 12.9. The van der Waals surface area contributed by atoms with Crippen molar-refractivity contribution >= 4 is 15.9 Å². The van der Waals surface area contributed by atoms with E-state index in [2.05, 4.69) is 18.7 Å². The van der Waals surface area contributed by atoms with E-state index in [1.165, 1.54) is 6.42 Å². The molecule has 2 saturated heterocycles. The van der Waals surface area contributed by atoms with Crippen molar-refractivity contribution in [2.45, 2.75) is 38.9 Å². The molecule has 0 radical (unpaired) electrons. The molecule has 0 unspecified atom stereocenters. The van der Waals surface area contributed by atoms with Gasteiger partial charge in [0.2, 0.25) is 15.9 Å². The van der Waals surface area contributed by atoms with Crippen LogP contribution in [0.1, 0.15) is 38.7 Å². The summed E-state index contributed by atoms with van der Waals surface area (Å²) in [5.41, 5.74) is 0.807. The SMILES string of the molecule is CC(C)CCN1CCN(C(=O)C2CCN(S(=O)(=O)Cc3ccccc3)CC2)CC1. The number of nitrogens with zero attached hydrogens (tertiary/aromatic N) is 3. The average Bonchev–Trinajstić information content (AvgIpc) is 2.72. The van der Waals surface area contributed by atoms with Crippen molar-refractivity contribution in [2.24, 2.45) is 11.8 Å². The van der Waals surface area contributed by atoms with Gasteiger partial charge in [-0.1, -0.05) is 44.2 Å². The molecule has 2 aliphatic heterocycles. The van der Waals surface area contributed by atoms with Crippen molar-refractivity contribution in [1.29, 1.82) is 0 Å². The quantitative estimate of drug-likeness (QED) is 0.678. The molecule has 2 fully saturated rings. The molecule has 1 amide bonds. The lowest BCUT2D eigenvalue weighted by molar-refractivity contribution is -0.138. The van der Waals surface area contributed by atoms with Gasteiger partial charge in [0.25, 0.3) is 0 Å². The molecule has 0 aliphatic carbocycles. The number of rotatable bonds is 7. The molecule has 3 rings (SSSR count). The van der Waals surface area contributed by atoms with Crippen LogP contribution in [0.15, 0.2) is 30.3 Å². The zero-order valence-corrected chi connectivity index (χ0v) is 18.6. The summed E-state index contributed by atoms with van der Waals surface area (Å²) in [5, 5.41) is 0. The predicted octanol–water partition coefficient (Wildman–Crippen LogP) is 2.42. The van der Waals surface area contributed by atoms with Crippen molar-refractivity contribution in [2.75, 3.05) is 45.8 Å². The van der Waals surface area contributed by atoms with E-state index in [4.69, 9.17) is 0 Å². The van der Waals surface area contributed by atoms with Crippen molar-refractivity contribution < 1.29 is 13.2 Å². The normalized spacial score (nSPS) is 20.3. The summed E-state index contributed by atoms with van der Waals surface area (Å²) >= 11 is 0. The fraction of sp³-hybridized carbons (Fsp3) is 0.682. The van der Waals surface area contributed by atoms with Crippen LogP contribution in [-0.2, 0) is 20.6 Å². The molecule has 1 aromatic rings. The van der Waals surface area contributed by atoms with E-state index in [1.807, 2.05) is 35.2 Å². The van der Waals surface area contributed by atoms with Crippen LogP contribution in [0.5, 0.6) is 0 Å². The second kappa shape index (κ2) is 10.0. The Morgan fingerprint density at radius 2 is 1.62 bits per heavy atom. The van der Waals surface area contributed by atoms with Crippen LogP contribution < -0.4 is 0 Å². The molecule has 0 bridgehead atoms. The van der Waals surface area contributed by atoms with Gasteiger partial charge in [-0.2, -0.15) is 0 Å². The number of piperazine rings is 1.